The molecule has 138 valence electrons. The summed E-state index contributed by atoms with van der Waals surface area (Å²) in [5.41, 5.74) is 1.52. The zero-order valence-corrected chi connectivity index (χ0v) is 15.2. The molecule has 26 heavy (non-hydrogen) atoms. The summed E-state index contributed by atoms with van der Waals surface area (Å²) in [7, 11) is 0. The second-order valence-electron chi connectivity index (χ2n) is 7.81. The second-order valence-corrected chi connectivity index (χ2v) is 7.81. The Morgan fingerprint density at radius 3 is 2.65 bits per heavy atom. The lowest BCUT2D eigenvalue weighted by molar-refractivity contribution is 0.0697. The zero-order chi connectivity index (χ0) is 17.9. The van der Waals surface area contributed by atoms with Crippen molar-refractivity contribution < 1.29 is 9.90 Å². The topological polar surface area (TPSA) is 58.4 Å². The summed E-state index contributed by atoms with van der Waals surface area (Å²) in [4.78, 5) is 18.2. The molecule has 1 atom stereocenters. The van der Waals surface area contributed by atoms with E-state index in [1.54, 1.807) is 12.1 Å². The van der Waals surface area contributed by atoms with Crippen LogP contribution in [0.3, 0.4) is 0 Å². The van der Waals surface area contributed by atoms with Gasteiger partial charge < -0.3 is 9.67 Å². The molecular formula is C21H27N3O2. The number of likely N-dealkylation sites (tertiary alicyclic amines) is 1. The third-order valence-corrected chi connectivity index (χ3v) is 5.91. The summed E-state index contributed by atoms with van der Waals surface area (Å²) >= 11 is 0. The van der Waals surface area contributed by atoms with Gasteiger partial charge in [-0.1, -0.05) is 18.6 Å². The molecule has 1 saturated heterocycles. The molecule has 2 heterocycles. The standard InChI is InChI=1S/C21H27N3O2/c25-21(26)18-8-6-17(7-9-18)13-23-11-2-5-19(15-23)20-22-10-12-24(20)14-16-3-1-4-16/h6-10,12,16,19H,1-5,11,13-15H2,(H,25,26)/t19-/m1/s1. The average Bonchev–Trinajstić information content (AvgIpc) is 3.07. The largest absolute Gasteiger partial charge is 0.478 e. The number of piperidine rings is 1. The number of rotatable bonds is 6. The monoisotopic (exact) mass is 353 g/mol. The van der Waals surface area contributed by atoms with Crippen LogP contribution in [0.4, 0.5) is 0 Å². The van der Waals surface area contributed by atoms with E-state index in [1.807, 2.05) is 18.3 Å². The third kappa shape index (κ3) is 3.83. The highest BCUT2D eigenvalue weighted by Crippen LogP contribution is 2.31. The lowest BCUT2D eigenvalue weighted by Gasteiger charge is -2.33. The van der Waals surface area contributed by atoms with Crippen molar-refractivity contribution in [2.75, 3.05) is 13.1 Å². The molecule has 0 amide bonds. The van der Waals surface area contributed by atoms with E-state index in [1.165, 1.54) is 43.5 Å². The third-order valence-electron chi connectivity index (χ3n) is 5.91. The Labute approximate surface area is 154 Å². The molecule has 5 heteroatoms. The number of carboxylic acids is 1. The van der Waals surface area contributed by atoms with Crippen molar-refractivity contribution in [1.82, 2.24) is 14.5 Å². The summed E-state index contributed by atoms with van der Waals surface area (Å²) in [5.74, 6) is 1.73. The highest BCUT2D eigenvalue weighted by atomic mass is 16.4. The smallest absolute Gasteiger partial charge is 0.335 e. The van der Waals surface area contributed by atoms with Gasteiger partial charge in [-0.15, -0.1) is 0 Å². The van der Waals surface area contributed by atoms with Crippen LogP contribution in [0.2, 0.25) is 0 Å². The Morgan fingerprint density at radius 1 is 1.15 bits per heavy atom. The molecule has 0 radical (unpaired) electrons. The molecule has 2 fully saturated rings. The molecule has 2 aliphatic rings. The van der Waals surface area contributed by atoms with E-state index in [-0.39, 0.29) is 0 Å². The maximum absolute atomic E-state index is 11.0. The fraction of sp³-hybridized carbons (Fsp3) is 0.524. The van der Waals surface area contributed by atoms with E-state index < -0.39 is 5.97 Å². The van der Waals surface area contributed by atoms with Crippen molar-refractivity contribution in [2.45, 2.75) is 51.1 Å². The van der Waals surface area contributed by atoms with Gasteiger partial charge in [-0.05, 0) is 55.8 Å². The minimum Gasteiger partial charge on any atom is -0.478 e. The summed E-state index contributed by atoms with van der Waals surface area (Å²) in [6.07, 6.45) is 10.6. The number of carbonyl (C=O) groups is 1. The summed E-state index contributed by atoms with van der Waals surface area (Å²) in [6, 6.07) is 7.27. The SMILES string of the molecule is O=C(O)c1ccc(CN2CCC[C@@H](c3nccn3CC3CCC3)C2)cc1. The van der Waals surface area contributed by atoms with E-state index in [2.05, 4.69) is 15.7 Å². The van der Waals surface area contributed by atoms with Crippen LogP contribution in [0, 0.1) is 5.92 Å². The Kier molecular flexibility index (Phi) is 5.07. The van der Waals surface area contributed by atoms with Gasteiger partial charge in [0.15, 0.2) is 0 Å². The van der Waals surface area contributed by atoms with Crippen LogP contribution < -0.4 is 0 Å². The number of benzene rings is 1. The lowest BCUT2D eigenvalue weighted by Crippen LogP contribution is -2.35. The van der Waals surface area contributed by atoms with Gasteiger partial charge in [-0.2, -0.15) is 0 Å². The summed E-state index contributed by atoms with van der Waals surface area (Å²) < 4.78 is 2.39. The molecule has 1 saturated carbocycles. The number of imidazole rings is 1. The van der Waals surface area contributed by atoms with Crippen LogP contribution in [0.25, 0.3) is 0 Å². The Balaban J connectivity index is 1.39. The first-order chi connectivity index (χ1) is 12.7. The van der Waals surface area contributed by atoms with Gasteiger partial charge in [0.25, 0.3) is 0 Å². The fourth-order valence-electron chi connectivity index (χ4n) is 4.21. The summed E-state index contributed by atoms with van der Waals surface area (Å²) in [5, 5.41) is 9.03. The number of aromatic carboxylic acids is 1. The van der Waals surface area contributed by atoms with E-state index in [0.717, 1.165) is 32.1 Å². The van der Waals surface area contributed by atoms with E-state index in [0.29, 0.717) is 11.5 Å². The van der Waals surface area contributed by atoms with Crippen molar-refractivity contribution in [1.29, 1.82) is 0 Å². The molecule has 2 aromatic rings. The Morgan fingerprint density at radius 2 is 1.96 bits per heavy atom. The fourth-order valence-corrected chi connectivity index (χ4v) is 4.21. The lowest BCUT2D eigenvalue weighted by atomic mass is 9.85. The number of hydrogen-bond donors (Lipinski definition) is 1. The first kappa shape index (κ1) is 17.3. The quantitative estimate of drug-likeness (QED) is 0.859. The number of carboxylic acid groups (broad SMARTS) is 1. The van der Waals surface area contributed by atoms with Gasteiger partial charge in [0.2, 0.25) is 0 Å². The minimum atomic E-state index is -0.868. The van der Waals surface area contributed by atoms with Crippen molar-refractivity contribution in [3.63, 3.8) is 0 Å². The predicted molar refractivity (Wildman–Crippen MR) is 100 cm³/mol. The van der Waals surface area contributed by atoms with Crippen LogP contribution in [-0.2, 0) is 13.1 Å². The maximum Gasteiger partial charge on any atom is 0.335 e. The molecule has 1 N–H and O–H groups in total. The van der Waals surface area contributed by atoms with E-state index in [4.69, 9.17) is 10.1 Å². The normalized spacial score (nSPS) is 21.5. The van der Waals surface area contributed by atoms with Gasteiger partial charge in [0, 0.05) is 37.9 Å². The van der Waals surface area contributed by atoms with Crippen molar-refractivity contribution in [3.8, 4) is 0 Å². The van der Waals surface area contributed by atoms with Crippen LogP contribution >= 0.6 is 0 Å². The molecule has 1 aliphatic carbocycles. The van der Waals surface area contributed by atoms with Gasteiger partial charge >= 0.3 is 5.97 Å². The maximum atomic E-state index is 11.0. The molecule has 1 aromatic carbocycles. The summed E-state index contributed by atoms with van der Waals surface area (Å²) in [6.45, 7) is 4.13. The predicted octanol–water partition coefficient (Wildman–Crippen LogP) is 3.76. The van der Waals surface area contributed by atoms with Gasteiger partial charge in [-0.3, -0.25) is 4.90 Å². The highest BCUT2D eigenvalue weighted by molar-refractivity contribution is 5.87. The average molecular weight is 353 g/mol. The Bertz CT molecular complexity index is 749. The molecule has 0 spiro atoms. The molecule has 4 rings (SSSR count). The van der Waals surface area contributed by atoms with Crippen LogP contribution in [0.5, 0.6) is 0 Å². The number of nitrogens with zero attached hydrogens (tertiary/aromatic N) is 3. The molecule has 1 aliphatic heterocycles. The molecule has 0 unspecified atom stereocenters. The number of aromatic nitrogens is 2. The number of hydrogen-bond acceptors (Lipinski definition) is 3. The second kappa shape index (κ2) is 7.62. The van der Waals surface area contributed by atoms with Crippen molar-refractivity contribution >= 4 is 5.97 Å². The van der Waals surface area contributed by atoms with E-state index >= 15 is 0 Å². The van der Waals surface area contributed by atoms with Crippen molar-refractivity contribution in [2.24, 2.45) is 5.92 Å². The van der Waals surface area contributed by atoms with Crippen LogP contribution in [-0.4, -0.2) is 38.6 Å². The van der Waals surface area contributed by atoms with Crippen molar-refractivity contribution in [3.05, 3.63) is 53.6 Å². The molecular weight excluding hydrogens is 326 g/mol. The molecule has 5 nitrogen and oxygen atoms in total. The van der Waals surface area contributed by atoms with Gasteiger partial charge in [0.1, 0.15) is 5.82 Å². The minimum absolute atomic E-state index is 0.350. The van der Waals surface area contributed by atoms with Gasteiger partial charge in [0.05, 0.1) is 5.56 Å². The van der Waals surface area contributed by atoms with Gasteiger partial charge in [-0.25, -0.2) is 9.78 Å². The van der Waals surface area contributed by atoms with Crippen LogP contribution in [0.1, 0.15) is 59.8 Å². The highest BCUT2D eigenvalue weighted by Gasteiger charge is 2.26. The van der Waals surface area contributed by atoms with Crippen LogP contribution in [0.15, 0.2) is 36.7 Å². The first-order valence-electron chi connectivity index (χ1n) is 9.74. The molecule has 0 bridgehead atoms. The zero-order valence-electron chi connectivity index (χ0n) is 15.2. The van der Waals surface area contributed by atoms with E-state index in [9.17, 15) is 4.79 Å². The Hall–Kier alpha value is -2.14. The first-order valence-corrected chi connectivity index (χ1v) is 9.74. The molecule has 1 aromatic heterocycles.